The van der Waals surface area contributed by atoms with Crippen molar-refractivity contribution in [3.8, 4) is 0 Å². The number of nitrogens with zero attached hydrogens (tertiary/aromatic N) is 2. The molecular formula is C24H25F3N4O3. The van der Waals surface area contributed by atoms with E-state index >= 15 is 0 Å². The van der Waals surface area contributed by atoms with Crippen molar-refractivity contribution in [2.75, 3.05) is 48.0 Å². The molecule has 1 spiro atoms. The Morgan fingerprint density at radius 1 is 1.00 bits per heavy atom. The van der Waals surface area contributed by atoms with Crippen molar-refractivity contribution in [3.05, 3.63) is 54.1 Å². The molecule has 3 aliphatic heterocycles. The van der Waals surface area contributed by atoms with Gasteiger partial charge in [-0.15, -0.1) is 0 Å². The van der Waals surface area contributed by atoms with Gasteiger partial charge < -0.3 is 25.2 Å². The number of benzene rings is 2. The molecule has 0 bridgehead atoms. The number of alkyl halides is 3. The Balaban J connectivity index is 1.17. The fourth-order valence-electron chi connectivity index (χ4n) is 4.70. The number of piperidine rings is 1. The van der Waals surface area contributed by atoms with Crippen LogP contribution in [0, 0.1) is 5.41 Å². The minimum Gasteiger partial charge on any atom is -0.380 e. The molecule has 2 aromatic carbocycles. The normalized spacial score (nSPS) is 21.6. The van der Waals surface area contributed by atoms with E-state index in [-0.39, 0.29) is 11.6 Å². The van der Waals surface area contributed by atoms with Crippen LogP contribution < -0.4 is 20.4 Å². The average Bonchev–Trinajstić information content (AvgIpc) is 2.74. The van der Waals surface area contributed by atoms with E-state index in [9.17, 15) is 22.8 Å². The number of amides is 3. The number of halogens is 3. The van der Waals surface area contributed by atoms with Crippen LogP contribution in [-0.2, 0) is 15.7 Å². The summed E-state index contributed by atoms with van der Waals surface area (Å²) in [6, 6.07) is 10.6. The van der Waals surface area contributed by atoms with E-state index in [0.717, 1.165) is 49.8 Å². The lowest BCUT2D eigenvalue weighted by Crippen LogP contribution is -2.66. The number of anilines is 3. The van der Waals surface area contributed by atoms with Crippen LogP contribution in [0.5, 0.6) is 0 Å². The molecule has 180 valence electrons. The maximum absolute atomic E-state index is 13.0. The van der Waals surface area contributed by atoms with Crippen LogP contribution in [0.3, 0.4) is 0 Å². The molecular weight excluding hydrogens is 449 g/mol. The van der Waals surface area contributed by atoms with E-state index in [1.807, 2.05) is 24.3 Å². The first-order valence-corrected chi connectivity index (χ1v) is 11.2. The quantitative estimate of drug-likeness (QED) is 0.706. The molecule has 0 saturated carbocycles. The molecule has 7 nitrogen and oxygen atoms in total. The molecule has 3 fully saturated rings. The Morgan fingerprint density at radius 3 is 2.24 bits per heavy atom. The van der Waals surface area contributed by atoms with Crippen molar-refractivity contribution >= 4 is 29.0 Å². The van der Waals surface area contributed by atoms with E-state index < -0.39 is 23.8 Å². The number of carbonyl (C=O) groups is 2. The number of hydrogen-bond donors (Lipinski definition) is 2. The van der Waals surface area contributed by atoms with Gasteiger partial charge in [-0.2, -0.15) is 13.2 Å². The fraction of sp³-hybridized carbons (Fsp3) is 0.417. The van der Waals surface area contributed by atoms with Crippen molar-refractivity contribution in [2.45, 2.75) is 25.1 Å². The average molecular weight is 474 g/mol. The molecule has 1 atom stereocenters. The summed E-state index contributed by atoms with van der Waals surface area (Å²) in [6.07, 6.45) is -3.24. The van der Waals surface area contributed by atoms with Crippen LogP contribution in [0.25, 0.3) is 0 Å². The summed E-state index contributed by atoms with van der Waals surface area (Å²) in [6.45, 7) is 4.17. The summed E-state index contributed by atoms with van der Waals surface area (Å²) >= 11 is 0. The van der Waals surface area contributed by atoms with Gasteiger partial charge in [-0.1, -0.05) is 0 Å². The van der Waals surface area contributed by atoms with Gasteiger partial charge in [0.1, 0.15) is 6.04 Å². The minimum atomic E-state index is -4.44. The largest absolute Gasteiger partial charge is 0.416 e. The minimum absolute atomic E-state index is 0.211. The highest BCUT2D eigenvalue weighted by molar-refractivity contribution is 6.01. The number of nitrogens with one attached hydrogen (secondary N) is 2. The van der Waals surface area contributed by atoms with Gasteiger partial charge >= 0.3 is 12.2 Å². The van der Waals surface area contributed by atoms with E-state index in [0.29, 0.717) is 24.8 Å². The lowest BCUT2D eigenvalue weighted by Gasteiger charge is -2.56. The van der Waals surface area contributed by atoms with Crippen LogP contribution in [0.2, 0.25) is 0 Å². The second-order valence-electron chi connectivity index (χ2n) is 9.22. The molecule has 5 rings (SSSR count). The highest BCUT2D eigenvalue weighted by Gasteiger charge is 2.49. The Bertz CT molecular complexity index is 1060. The summed E-state index contributed by atoms with van der Waals surface area (Å²) in [5, 5.41) is 5.14. The van der Waals surface area contributed by atoms with Gasteiger partial charge in [0, 0.05) is 36.7 Å². The Kier molecular flexibility index (Phi) is 5.63. The lowest BCUT2D eigenvalue weighted by molar-refractivity contribution is -0.137. The van der Waals surface area contributed by atoms with Crippen molar-refractivity contribution < 1.29 is 27.5 Å². The zero-order chi connectivity index (χ0) is 23.9. The van der Waals surface area contributed by atoms with Crippen LogP contribution in [0.1, 0.15) is 18.4 Å². The summed E-state index contributed by atoms with van der Waals surface area (Å²) in [5.41, 5.74) is 1.61. The molecule has 2 N–H and O–H groups in total. The number of rotatable bonds is 4. The number of ether oxygens (including phenoxy) is 1. The van der Waals surface area contributed by atoms with Crippen LogP contribution >= 0.6 is 0 Å². The molecule has 1 unspecified atom stereocenters. The monoisotopic (exact) mass is 474 g/mol. The molecule has 3 aliphatic rings. The van der Waals surface area contributed by atoms with Crippen LogP contribution in [0.15, 0.2) is 48.5 Å². The topological polar surface area (TPSA) is 73.9 Å². The van der Waals surface area contributed by atoms with Gasteiger partial charge in [0.2, 0.25) is 5.91 Å². The molecule has 34 heavy (non-hydrogen) atoms. The van der Waals surface area contributed by atoms with Crippen LogP contribution in [-0.4, -0.2) is 50.8 Å². The van der Waals surface area contributed by atoms with Gasteiger partial charge in [-0.05, 0) is 61.4 Å². The molecule has 2 aromatic rings. The number of carbonyl (C=O) groups excluding carboxylic acids is 2. The van der Waals surface area contributed by atoms with E-state index in [1.54, 1.807) is 4.90 Å². The standard InChI is InChI=1S/C24H25F3N4O3/c25-24(26,27)16-3-5-17(6-4-16)28-22(33)29-20-2-1-11-31(21(20)32)19-9-7-18(8-10-19)30-12-23(13-30)14-34-15-23/h3-10,20H,1-2,11-15H2,(H2,28,29,33). The number of urea groups is 1. The maximum atomic E-state index is 13.0. The summed E-state index contributed by atoms with van der Waals surface area (Å²) in [4.78, 5) is 29.3. The van der Waals surface area contributed by atoms with Gasteiger partial charge in [0.05, 0.1) is 24.2 Å². The molecule has 0 aromatic heterocycles. The summed E-state index contributed by atoms with van der Waals surface area (Å²) < 4.78 is 43.4. The molecule has 3 saturated heterocycles. The molecule has 3 heterocycles. The fourth-order valence-corrected chi connectivity index (χ4v) is 4.70. The third kappa shape index (κ3) is 4.42. The predicted octanol–water partition coefficient (Wildman–Crippen LogP) is 3.86. The summed E-state index contributed by atoms with van der Waals surface area (Å²) in [7, 11) is 0. The van der Waals surface area contributed by atoms with E-state index in [4.69, 9.17) is 4.74 Å². The Morgan fingerprint density at radius 2 is 1.65 bits per heavy atom. The molecule has 0 radical (unpaired) electrons. The van der Waals surface area contributed by atoms with Crippen LogP contribution in [0.4, 0.5) is 35.0 Å². The Labute approximate surface area is 194 Å². The zero-order valence-electron chi connectivity index (χ0n) is 18.4. The smallest absolute Gasteiger partial charge is 0.380 e. The van der Waals surface area contributed by atoms with E-state index in [2.05, 4.69) is 15.5 Å². The summed E-state index contributed by atoms with van der Waals surface area (Å²) in [5.74, 6) is -0.212. The van der Waals surface area contributed by atoms with E-state index in [1.165, 1.54) is 12.1 Å². The molecule has 10 heteroatoms. The van der Waals surface area contributed by atoms with Crippen molar-refractivity contribution in [2.24, 2.45) is 5.41 Å². The van der Waals surface area contributed by atoms with Gasteiger partial charge in [0.15, 0.2) is 0 Å². The van der Waals surface area contributed by atoms with Gasteiger partial charge in [-0.25, -0.2) is 4.79 Å². The maximum Gasteiger partial charge on any atom is 0.416 e. The molecule has 0 aliphatic carbocycles. The first-order chi connectivity index (χ1) is 16.2. The third-order valence-electron chi connectivity index (χ3n) is 6.61. The second kappa shape index (κ2) is 8.50. The first-order valence-electron chi connectivity index (χ1n) is 11.2. The third-order valence-corrected chi connectivity index (χ3v) is 6.61. The predicted molar refractivity (Wildman–Crippen MR) is 121 cm³/mol. The van der Waals surface area contributed by atoms with Crippen molar-refractivity contribution in [3.63, 3.8) is 0 Å². The first kappa shape index (κ1) is 22.5. The van der Waals surface area contributed by atoms with Crippen molar-refractivity contribution in [1.29, 1.82) is 0 Å². The lowest BCUT2D eigenvalue weighted by atomic mass is 9.78. The van der Waals surface area contributed by atoms with Gasteiger partial charge in [-0.3, -0.25) is 4.79 Å². The highest BCUT2D eigenvalue weighted by Crippen LogP contribution is 2.40. The second-order valence-corrected chi connectivity index (χ2v) is 9.22. The van der Waals surface area contributed by atoms with Crippen molar-refractivity contribution in [1.82, 2.24) is 5.32 Å². The highest BCUT2D eigenvalue weighted by atomic mass is 19.4. The SMILES string of the molecule is O=C(Nc1ccc(C(F)(F)F)cc1)NC1CCCN(c2ccc(N3CC4(COC4)C3)cc2)C1=O. The number of hydrogen-bond acceptors (Lipinski definition) is 4. The van der Waals surface area contributed by atoms with Gasteiger partial charge in [0.25, 0.3) is 0 Å². The molecule has 3 amide bonds. The zero-order valence-corrected chi connectivity index (χ0v) is 18.4. The Hall–Kier alpha value is -3.27.